The lowest BCUT2D eigenvalue weighted by Gasteiger charge is -2.26. The van der Waals surface area contributed by atoms with E-state index in [-0.39, 0.29) is 0 Å². The van der Waals surface area contributed by atoms with E-state index in [9.17, 15) is 0 Å². The van der Waals surface area contributed by atoms with Gasteiger partial charge in [0.05, 0.1) is 0 Å². The third kappa shape index (κ3) is 5.36. The molecule has 0 aliphatic rings. The molecule has 1 aromatic rings. The molecule has 0 radical (unpaired) electrons. The van der Waals surface area contributed by atoms with Crippen LogP contribution in [0.1, 0.15) is 43.9 Å². The molecule has 0 saturated carbocycles. The SMILES string of the molecule is CNC(Cc1cc(C)cc(C)c1)CC(C)(C)C. The van der Waals surface area contributed by atoms with Crippen molar-refractivity contribution in [3.8, 4) is 0 Å². The Kier molecular flexibility index (Phi) is 4.76. The lowest BCUT2D eigenvalue weighted by Crippen LogP contribution is -2.32. The van der Waals surface area contributed by atoms with Gasteiger partial charge in [-0.1, -0.05) is 50.1 Å². The number of rotatable bonds is 4. The third-order valence-corrected chi connectivity index (χ3v) is 3.03. The maximum Gasteiger partial charge on any atom is 0.0109 e. The summed E-state index contributed by atoms with van der Waals surface area (Å²) in [6.07, 6.45) is 2.33. The van der Waals surface area contributed by atoms with Gasteiger partial charge >= 0.3 is 0 Å². The van der Waals surface area contributed by atoms with E-state index < -0.39 is 0 Å². The maximum atomic E-state index is 3.45. The second-order valence-corrected chi connectivity index (χ2v) is 6.45. The van der Waals surface area contributed by atoms with Gasteiger partial charge in [-0.25, -0.2) is 0 Å². The Morgan fingerprint density at radius 3 is 2.00 bits per heavy atom. The quantitative estimate of drug-likeness (QED) is 0.832. The standard InChI is InChI=1S/C16H27N/c1-12-7-13(2)9-14(8-12)10-15(17-6)11-16(3,4)5/h7-9,15,17H,10-11H2,1-6H3. The Balaban J connectivity index is 2.73. The van der Waals surface area contributed by atoms with Gasteiger partial charge in [0.25, 0.3) is 0 Å². The summed E-state index contributed by atoms with van der Waals surface area (Å²) < 4.78 is 0. The zero-order chi connectivity index (χ0) is 13.1. The van der Waals surface area contributed by atoms with Crippen molar-refractivity contribution in [2.75, 3.05) is 7.05 Å². The van der Waals surface area contributed by atoms with Crippen molar-refractivity contribution < 1.29 is 0 Å². The lowest BCUT2D eigenvalue weighted by molar-refractivity contribution is 0.316. The number of benzene rings is 1. The minimum atomic E-state index is 0.381. The Morgan fingerprint density at radius 1 is 1.06 bits per heavy atom. The Bertz CT molecular complexity index is 340. The number of likely N-dealkylation sites (N-methyl/N-ethyl adjacent to an activating group) is 1. The summed E-state index contributed by atoms with van der Waals surface area (Å²) >= 11 is 0. The molecule has 1 heteroatoms. The van der Waals surface area contributed by atoms with Crippen LogP contribution in [0.4, 0.5) is 0 Å². The fourth-order valence-electron chi connectivity index (χ4n) is 2.49. The number of nitrogens with one attached hydrogen (secondary N) is 1. The molecule has 0 saturated heterocycles. The van der Waals surface area contributed by atoms with E-state index in [1.165, 1.54) is 23.1 Å². The number of hydrogen-bond acceptors (Lipinski definition) is 1. The van der Waals surface area contributed by atoms with Crippen LogP contribution in [0.15, 0.2) is 18.2 Å². The van der Waals surface area contributed by atoms with Gasteiger partial charge in [-0.05, 0) is 44.7 Å². The Hall–Kier alpha value is -0.820. The summed E-state index contributed by atoms with van der Waals surface area (Å²) in [4.78, 5) is 0. The molecule has 0 aliphatic heterocycles. The first kappa shape index (κ1) is 14.2. The van der Waals surface area contributed by atoms with Gasteiger partial charge in [-0.3, -0.25) is 0 Å². The van der Waals surface area contributed by atoms with E-state index in [4.69, 9.17) is 0 Å². The molecule has 0 aliphatic carbocycles. The smallest absolute Gasteiger partial charge is 0.0109 e. The summed E-state index contributed by atoms with van der Waals surface area (Å²) in [5.74, 6) is 0. The molecule has 17 heavy (non-hydrogen) atoms. The van der Waals surface area contributed by atoms with Gasteiger partial charge in [-0.15, -0.1) is 0 Å². The second-order valence-electron chi connectivity index (χ2n) is 6.45. The van der Waals surface area contributed by atoms with Crippen LogP contribution in [0.25, 0.3) is 0 Å². The third-order valence-electron chi connectivity index (χ3n) is 3.03. The molecule has 0 bridgehead atoms. The lowest BCUT2D eigenvalue weighted by atomic mass is 9.85. The normalized spacial score (nSPS) is 13.8. The molecule has 0 aromatic heterocycles. The van der Waals surface area contributed by atoms with Crippen LogP contribution in [-0.2, 0) is 6.42 Å². The van der Waals surface area contributed by atoms with Gasteiger partial charge in [-0.2, -0.15) is 0 Å². The first-order chi connectivity index (χ1) is 7.80. The molecule has 1 nitrogen and oxygen atoms in total. The van der Waals surface area contributed by atoms with Crippen LogP contribution in [0.5, 0.6) is 0 Å². The highest BCUT2D eigenvalue weighted by Crippen LogP contribution is 2.23. The zero-order valence-electron chi connectivity index (χ0n) is 12.2. The van der Waals surface area contributed by atoms with Crippen molar-refractivity contribution in [3.63, 3.8) is 0 Å². The zero-order valence-corrected chi connectivity index (χ0v) is 12.2. The Morgan fingerprint density at radius 2 is 1.59 bits per heavy atom. The monoisotopic (exact) mass is 233 g/mol. The van der Waals surface area contributed by atoms with E-state index in [0.717, 1.165) is 6.42 Å². The maximum absolute atomic E-state index is 3.45. The summed E-state index contributed by atoms with van der Waals surface area (Å²) in [5.41, 5.74) is 4.56. The highest BCUT2D eigenvalue weighted by molar-refractivity contribution is 5.29. The highest BCUT2D eigenvalue weighted by Gasteiger charge is 2.17. The summed E-state index contributed by atoms with van der Waals surface area (Å²) in [5, 5.41) is 3.45. The van der Waals surface area contributed by atoms with E-state index in [0.29, 0.717) is 11.5 Å². The minimum Gasteiger partial charge on any atom is -0.317 e. The summed E-state index contributed by atoms with van der Waals surface area (Å²) in [7, 11) is 2.07. The van der Waals surface area contributed by atoms with E-state index in [2.05, 4.69) is 65.2 Å². The van der Waals surface area contributed by atoms with Crippen molar-refractivity contribution in [2.24, 2.45) is 5.41 Å². The number of hydrogen-bond donors (Lipinski definition) is 1. The van der Waals surface area contributed by atoms with Crippen LogP contribution in [-0.4, -0.2) is 13.1 Å². The minimum absolute atomic E-state index is 0.381. The van der Waals surface area contributed by atoms with Crippen LogP contribution < -0.4 is 5.32 Å². The fraction of sp³-hybridized carbons (Fsp3) is 0.625. The van der Waals surface area contributed by atoms with Gasteiger partial charge in [0.2, 0.25) is 0 Å². The van der Waals surface area contributed by atoms with E-state index >= 15 is 0 Å². The average molecular weight is 233 g/mol. The highest BCUT2D eigenvalue weighted by atomic mass is 14.9. The van der Waals surface area contributed by atoms with Crippen molar-refractivity contribution >= 4 is 0 Å². The van der Waals surface area contributed by atoms with Crippen LogP contribution in [0, 0.1) is 19.3 Å². The topological polar surface area (TPSA) is 12.0 Å². The largest absolute Gasteiger partial charge is 0.317 e. The molecule has 1 atom stereocenters. The van der Waals surface area contributed by atoms with E-state index in [1.807, 2.05) is 0 Å². The molecule has 1 rings (SSSR count). The molecule has 1 unspecified atom stereocenters. The van der Waals surface area contributed by atoms with Gasteiger partial charge < -0.3 is 5.32 Å². The molecular weight excluding hydrogens is 206 g/mol. The molecular formula is C16H27N. The van der Waals surface area contributed by atoms with Crippen molar-refractivity contribution in [2.45, 2.75) is 53.5 Å². The molecule has 0 spiro atoms. The van der Waals surface area contributed by atoms with Crippen molar-refractivity contribution in [1.82, 2.24) is 5.32 Å². The van der Waals surface area contributed by atoms with Gasteiger partial charge in [0, 0.05) is 6.04 Å². The summed E-state index contributed by atoms with van der Waals surface area (Å²) in [6, 6.07) is 7.41. The molecule has 96 valence electrons. The first-order valence-corrected chi connectivity index (χ1v) is 6.54. The fourth-order valence-corrected chi connectivity index (χ4v) is 2.49. The molecule has 0 fully saturated rings. The van der Waals surface area contributed by atoms with Crippen molar-refractivity contribution in [3.05, 3.63) is 34.9 Å². The predicted molar refractivity (Wildman–Crippen MR) is 76.5 cm³/mol. The number of aryl methyl sites for hydroxylation is 2. The summed E-state index contributed by atoms with van der Waals surface area (Å²) in [6.45, 7) is 11.3. The van der Waals surface area contributed by atoms with E-state index in [1.54, 1.807) is 0 Å². The second kappa shape index (κ2) is 5.68. The molecule has 0 heterocycles. The van der Waals surface area contributed by atoms with Crippen LogP contribution in [0.3, 0.4) is 0 Å². The average Bonchev–Trinajstić information content (AvgIpc) is 2.12. The molecule has 1 aromatic carbocycles. The van der Waals surface area contributed by atoms with Crippen LogP contribution in [0.2, 0.25) is 0 Å². The van der Waals surface area contributed by atoms with Gasteiger partial charge in [0.15, 0.2) is 0 Å². The van der Waals surface area contributed by atoms with Crippen LogP contribution >= 0.6 is 0 Å². The predicted octanol–water partition coefficient (Wildman–Crippen LogP) is 3.87. The molecule has 0 amide bonds. The van der Waals surface area contributed by atoms with Crippen molar-refractivity contribution in [1.29, 1.82) is 0 Å². The van der Waals surface area contributed by atoms with Gasteiger partial charge in [0.1, 0.15) is 0 Å². The first-order valence-electron chi connectivity index (χ1n) is 6.54. The molecule has 1 N–H and O–H groups in total. The Labute approximate surface area is 107 Å².